The zero-order chi connectivity index (χ0) is 16.1. The quantitative estimate of drug-likeness (QED) is 0.747. The molecule has 1 aromatic rings. The molecule has 1 aromatic carbocycles. The van der Waals surface area contributed by atoms with Gasteiger partial charge < -0.3 is 9.47 Å². The van der Waals surface area contributed by atoms with Gasteiger partial charge in [-0.05, 0) is 19.1 Å². The average molecular weight is 336 g/mol. The van der Waals surface area contributed by atoms with Gasteiger partial charge in [-0.2, -0.15) is 8.42 Å². The molecule has 0 aliphatic carbocycles. The van der Waals surface area contributed by atoms with Crippen LogP contribution in [0.1, 0.15) is 5.56 Å². The van der Waals surface area contributed by atoms with Crippen molar-refractivity contribution in [3.8, 4) is 0 Å². The van der Waals surface area contributed by atoms with Gasteiger partial charge in [0.25, 0.3) is 10.0 Å². The predicted molar refractivity (Wildman–Crippen MR) is 80.7 cm³/mol. The number of hydrogen-bond acceptors (Lipinski definition) is 5. The Balaban J connectivity index is 2.97. The van der Waals surface area contributed by atoms with E-state index in [1.54, 1.807) is 12.1 Å². The Hall–Kier alpha value is -1.00. The Morgan fingerprint density at radius 3 is 2.14 bits per heavy atom. The van der Waals surface area contributed by atoms with Crippen LogP contribution in [0.15, 0.2) is 32.9 Å². The molecule has 1 N–H and O–H groups in total. The van der Waals surface area contributed by atoms with Crippen molar-refractivity contribution < 1.29 is 22.1 Å². The Morgan fingerprint density at radius 1 is 1.14 bits per heavy atom. The van der Waals surface area contributed by atoms with Crippen molar-refractivity contribution in [1.82, 2.24) is 4.72 Å². The van der Waals surface area contributed by atoms with Gasteiger partial charge in [-0.3, -0.25) is 0 Å². The molecule has 0 amide bonds. The van der Waals surface area contributed by atoms with E-state index in [-0.39, 0.29) is 11.4 Å². The molecule has 0 radical (unpaired) electrons. The molecule has 7 nitrogen and oxygen atoms in total. The number of hydrogen-bond donors (Lipinski definition) is 1. The first kappa shape index (κ1) is 18.1. The molecule has 0 saturated carbocycles. The van der Waals surface area contributed by atoms with Crippen molar-refractivity contribution in [3.05, 3.63) is 29.8 Å². The molecule has 0 fully saturated rings. The van der Waals surface area contributed by atoms with Crippen LogP contribution in [0.4, 0.5) is 0 Å². The predicted octanol–water partition coefficient (Wildman–Crippen LogP) is 0.905. The topological polar surface area (TPSA) is 94.1 Å². The number of rotatable bonds is 7. The Labute approximate surface area is 126 Å². The van der Waals surface area contributed by atoms with E-state index in [0.717, 1.165) is 5.56 Å². The summed E-state index contributed by atoms with van der Waals surface area (Å²) < 4.78 is 52.2. The minimum Gasteiger partial charge on any atom is -0.355 e. The molecule has 1 atom stereocenters. The maximum Gasteiger partial charge on any atom is 0.291 e. The highest BCUT2D eigenvalue weighted by Crippen LogP contribution is 2.14. The van der Waals surface area contributed by atoms with Crippen LogP contribution < -0.4 is 4.72 Å². The summed E-state index contributed by atoms with van der Waals surface area (Å²) in [5.41, 5.74) is 0.923. The lowest BCUT2D eigenvalue weighted by Crippen LogP contribution is -2.33. The minimum atomic E-state index is -3.99. The third-order valence-corrected chi connectivity index (χ3v) is 6.10. The third kappa shape index (κ3) is 5.71. The fourth-order valence-corrected chi connectivity index (χ4v) is 4.43. The lowest BCUT2D eigenvalue weighted by atomic mass is 10.2. The number of benzene rings is 1. The summed E-state index contributed by atoms with van der Waals surface area (Å²) in [6.45, 7) is 1.89. The van der Waals surface area contributed by atoms with E-state index in [2.05, 4.69) is 8.49 Å². The lowest BCUT2D eigenvalue weighted by Gasteiger charge is -2.14. The first-order valence-corrected chi connectivity index (χ1v) is 9.42. The van der Waals surface area contributed by atoms with E-state index < -0.39 is 26.2 Å². The van der Waals surface area contributed by atoms with Gasteiger partial charge in [-0.1, -0.05) is 21.5 Å². The molecule has 0 aliphatic rings. The fraction of sp³-hybridized carbons (Fsp3) is 0.500. The number of ether oxygens (including phenoxy) is 2. The standard InChI is InChI=1S/C12H20N2O5S2/c1-10-5-7-11(8-6-10)21(16,17)14-20(4,15)13-9-12(18-2)19-3/h5-8,12H,9H2,1-4H3,(H,13,14,15). The number of sulfonamides is 1. The second kappa shape index (κ2) is 7.32. The molecule has 0 spiro atoms. The SMILES string of the molecule is COC(CNS(C)(=O)=NS(=O)(=O)c1ccc(C)cc1)OC. The number of aryl methyl sites for hydroxylation is 1. The lowest BCUT2D eigenvalue weighted by molar-refractivity contribution is -0.0959. The highest BCUT2D eigenvalue weighted by Gasteiger charge is 2.17. The van der Waals surface area contributed by atoms with E-state index in [1.807, 2.05) is 6.92 Å². The van der Waals surface area contributed by atoms with Crippen LogP contribution in [-0.4, -0.2) is 45.9 Å². The van der Waals surface area contributed by atoms with Gasteiger partial charge in [0.15, 0.2) is 6.29 Å². The van der Waals surface area contributed by atoms with Gasteiger partial charge in [-0.25, -0.2) is 8.93 Å². The zero-order valence-corrected chi connectivity index (χ0v) is 14.0. The summed E-state index contributed by atoms with van der Waals surface area (Å²) in [6, 6.07) is 6.16. The molecule has 21 heavy (non-hydrogen) atoms. The van der Waals surface area contributed by atoms with Gasteiger partial charge in [0.2, 0.25) is 0 Å². The summed E-state index contributed by atoms with van der Waals surface area (Å²) in [7, 11) is -4.28. The van der Waals surface area contributed by atoms with Gasteiger partial charge >= 0.3 is 0 Å². The third-order valence-electron chi connectivity index (χ3n) is 2.60. The van der Waals surface area contributed by atoms with Crippen molar-refractivity contribution in [1.29, 1.82) is 0 Å². The smallest absolute Gasteiger partial charge is 0.291 e. The molecule has 0 aromatic heterocycles. The second-order valence-electron chi connectivity index (χ2n) is 4.41. The average Bonchev–Trinajstić information content (AvgIpc) is 2.39. The van der Waals surface area contributed by atoms with Crippen LogP contribution >= 0.6 is 0 Å². The van der Waals surface area contributed by atoms with E-state index in [9.17, 15) is 12.6 Å². The van der Waals surface area contributed by atoms with Gasteiger partial charge in [-0.15, -0.1) is 0 Å². The molecular weight excluding hydrogens is 316 g/mol. The second-order valence-corrected chi connectivity index (χ2v) is 8.33. The normalized spacial score (nSPS) is 14.9. The largest absolute Gasteiger partial charge is 0.355 e. The minimum absolute atomic E-state index is 0.000456. The fourth-order valence-electron chi connectivity index (χ4n) is 1.45. The van der Waals surface area contributed by atoms with Crippen LogP contribution in [0.3, 0.4) is 0 Å². The van der Waals surface area contributed by atoms with E-state index in [1.165, 1.54) is 32.6 Å². The van der Waals surface area contributed by atoms with Gasteiger partial charge in [0, 0.05) is 20.5 Å². The first-order valence-electron chi connectivity index (χ1n) is 6.05. The molecule has 0 heterocycles. The van der Waals surface area contributed by atoms with E-state index in [4.69, 9.17) is 9.47 Å². The van der Waals surface area contributed by atoms with Crippen molar-refractivity contribution in [3.63, 3.8) is 0 Å². The summed E-state index contributed by atoms with van der Waals surface area (Å²) in [5.74, 6) is 0. The highest BCUT2D eigenvalue weighted by atomic mass is 32.3. The van der Waals surface area contributed by atoms with Crippen LogP contribution in [0.25, 0.3) is 0 Å². The van der Waals surface area contributed by atoms with Gasteiger partial charge in [0.1, 0.15) is 9.92 Å². The van der Waals surface area contributed by atoms with Crippen LogP contribution in [-0.2, 0) is 29.4 Å². The summed E-state index contributed by atoms with van der Waals surface area (Å²) in [4.78, 5) is -0.000456. The Morgan fingerprint density at radius 2 is 1.67 bits per heavy atom. The molecular formula is C12H20N2O5S2. The molecule has 9 heteroatoms. The monoisotopic (exact) mass is 336 g/mol. The van der Waals surface area contributed by atoms with Crippen molar-refractivity contribution in [2.45, 2.75) is 18.1 Å². The number of methoxy groups -OCH3 is 2. The zero-order valence-electron chi connectivity index (χ0n) is 12.4. The summed E-state index contributed by atoms with van der Waals surface area (Å²) in [6.07, 6.45) is 0.573. The van der Waals surface area contributed by atoms with Crippen molar-refractivity contribution >= 4 is 19.9 Å². The Bertz CT molecular complexity index is 672. The number of nitrogens with one attached hydrogen (secondary N) is 1. The first-order chi connectivity index (χ1) is 9.70. The molecule has 1 unspecified atom stereocenters. The summed E-state index contributed by atoms with van der Waals surface area (Å²) in [5, 5.41) is 0. The van der Waals surface area contributed by atoms with Crippen LogP contribution in [0.2, 0.25) is 0 Å². The Kier molecular flexibility index (Phi) is 6.29. The van der Waals surface area contributed by atoms with E-state index in [0.29, 0.717) is 0 Å². The number of nitrogens with zero attached hydrogens (tertiary/aromatic N) is 1. The van der Waals surface area contributed by atoms with Crippen molar-refractivity contribution in [2.75, 3.05) is 27.0 Å². The summed E-state index contributed by atoms with van der Waals surface area (Å²) >= 11 is 0. The maximum absolute atomic E-state index is 12.2. The maximum atomic E-state index is 12.2. The highest BCUT2D eigenvalue weighted by molar-refractivity contribution is 8.02. The molecule has 0 saturated heterocycles. The molecule has 0 bridgehead atoms. The van der Waals surface area contributed by atoms with Crippen molar-refractivity contribution in [2.24, 2.45) is 3.77 Å². The molecule has 1 rings (SSSR count). The van der Waals surface area contributed by atoms with Crippen LogP contribution in [0, 0.1) is 6.92 Å². The van der Waals surface area contributed by atoms with Crippen LogP contribution in [0.5, 0.6) is 0 Å². The molecule has 120 valence electrons. The van der Waals surface area contributed by atoms with E-state index >= 15 is 0 Å². The molecule has 0 aliphatic heterocycles. The van der Waals surface area contributed by atoms with Gasteiger partial charge in [0.05, 0.1) is 11.4 Å².